The summed E-state index contributed by atoms with van der Waals surface area (Å²) in [6.45, 7) is 0. The SMILES string of the molecule is O=S(=O)(O)C(F)(F)C(F)(F)C(F)(F)C(F)(F)C(F)(F)C(F)(F)C(F)(F)C(F)(F)F.Sc1ccccc1. The van der Waals surface area contributed by atoms with Crippen LogP contribution in [0.1, 0.15) is 0 Å². The fourth-order valence-electron chi connectivity index (χ4n) is 1.74. The molecule has 0 radical (unpaired) electrons. The highest BCUT2D eigenvalue weighted by atomic mass is 32.2. The van der Waals surface area contributed by atoms with Crippen LogP contribution in [0.15, 0.2) is 35.2 Å². The van der Waals surface area contributed by atoms with Crippen molar-refractivity contribution in [3.05, 3.63) is 30.3 Å². The maximum absolute atomic E-state index is 13.0. The van der Waals surface area contributed by atoms with Crippen LogP contribution in [0.3, 0.4) is 0 Å². The van der Waals surface area contributed by atoms with E-state index in [0.717, 1.165) is 4.90 Å². The predicted octanol–water partition coefficient (Wildman–Crippen LogP) is 6.82. The number of thiol groups is 1. The van der Waals surface area contributed by atoms with E-state index >= 15 is 0 Å². The molecule has 1 aromatic carbocycles. The highest BCUT2D eigenvalue weighted by Crippen LogP contribution is 2.64. The Morgan fingerprint density at radius 1 is 0.528 bits per heavy atom. The van der Waals surface area contributed by atoms with Gasteiger partial charge in [-0.15, -0.1) is 12.6 Å². The molecule has 0 fully saturated rings. The molecule has 212 valence electrons. The summed E-state index contributed by atoms with van der Waals surface area (Å²) in [6.07, 6.45) is -7.88. The molecule has 0 aliphatic carbocycles. The van der Waals surface area contributed by atoms with E-state index in [9.17, 15) is 83.1 Å². The summed E-state index contributed by atoms with van der Waals surface area (Å²) in [5.41, 5.74) is 0. The van der Waals surface area contributed by atoms with Crippen molar-refractivity contribution in [1.82, 2.24) is 0 Å². The first-order chi connectivity index (χ1) is 15.4. The Hall–Kier alpha value is -1.71. The molecule has 1 N–H and O–H groups in total. The van der Waals surface area contributed by atoms with Gasteiger partial charge in [0.2, 0.25) is 0 Å². The van der Waals surface area contributed by atoms with Crippen LogP contribution >= 0.6 is 12.6 Å². The lowest BCUT2D eigenvalue weighted by molar-refractivity contribution is -0.458. The number of benzene rings is 1. The predicted molar refractivity (Wildman–Crippen MR) is 85.9 cm³/mol. The molecule has 0 aliphatic rings. The normalized spacial score (nSPS) is 15.3. The van der Waals surface area contributed by atoms with Crippen LogP contribution in [0.2, 0.25) is 0 Å². The molecular weight excluding hydrogens is 603 g/mol. The third-order valence-electron chi connectivity index (χ3n) is 3.77. The molecule has 22 heteroatoms. The van der Waals surface area contributed by atoms with Crippen molar-refractivity contribution in [3.8, 4) is 0 Å². The molecule has 36 heavy (non-hydrogen) atoms. The lowest BCUT2D eigenvalue weighted by Crippen LogP contribution is -2.74. The second kappa shape index (κ2) is 9.55. The van der Waals surface area contributed by atoms with Gasteiger partial charge in [-0.2, -0.15) is 83.1 Å². The van der Waals surface area contributed by atoms with E-state index in [1.807, 2.05) is 30.3 Å². The van der Waals surface area contributed by atoms with Crippen LogP contribution in [0, 0.1) is 0 Å². The number of hydrogen-bond donors (Lipinski definition) is 2. The lowest BCUT2D eigenvalue weighted by atomic mass is 9.91. The van der Waals surface area contributed by atoms with Gasteiger partial charge in [0, 0.05) is 4.90 Å². The van der Waals surface area contributed by atoms with Crippen LogP contribution in [0.4, 0.5) is 74.6 Å². The van der Waals surface area contributed by atoms with E-state index in [-0.39, 0.29) is 0 Å². The van der Waals surface area contributed by atoms with Crippen LogP contribution in [-0.4, -0.2) is 59.9 Å². The number of alkyl halides is 17. The summed E-state index contributed by atoms with van der Waals surface area (Å²) >= 11 is 4.08. The van der Waals surface area contributed by atoms with Gasteiger partial charge in [0.25, 0.3) is 0 Å². The smallest absolute Gasteiger partial charge is 0.281 e. The summed E-state index contributed by atoms with van der Waals surface area (Å²) < 4.78 is 242. The van der Waals surface area contributed by atoms with Crippen molar-refractivity contribution < 1.29 is 87.6 Å². The fraction of sp³-hybridized carbons (Fsp3) is 0.571. The van der Waals surface area contributed by atoms with E-state index in [1.165, 1.54) is 0 Å². The zero-order valence-electron chi connectivity index (χ0n) is 15.9. The summed E-state index contributed by atoms with van der Waals surface area (Å²) in [5.74, 6) is -52.0. The van der Waals surface area contributed by atoms with Gasteiger partial charge in [-0.3, -0.25) is 4.55 Å². The Morgan fingerprint density at radius 3 is 1.03 bits per heavy atom. The van der Waals surface area contributed by atoms with Gasteiger partial charge in [0.05, 0.1) is 0 Å². The first-order valence-corrected chi connectivity index (χ1v) is 9.70. The third-order valence-corrected chi connectivity index (χ3v) is 4.98. The van der Waals surface area contributed by atoms with Gasteiger partial charge < -0.3 is 0 Å². The van der Waals surface area contributed by atoms with Crippen molar-refractivity contribution >= 4 is 22.7 Å². The number of halogens is 17. The Morgan fingerprint density at radius 2 is 0.806 bits per heavy atom. The average molecular weight is 610 g/mol. The van der Waals surface area contributed by atoms with E-state index < -0.39 is 57.1 Å². The first kappa shape index (κ1) is 34.3. The summed E-state index contributed by atoms with van der Waals surface area (Å²) in [5, 5.41) is -7.84. The van der Waals surface area contributed by atoms with Gasteiger partial charge in [0.1, 0.15) is 0 Å². The Bertz CT molecular complexity index is 1000. The number of rotatable bonds is 7. The Kier molecular flexibility index (Phi) is 9.10. The minimum Gasteiger partial charge on any atom is -0.281 e. The molecule has 0 spiro atoms. The molecule has 0 atom stereocenters. The Balaban J connectivity index is 0.00000148. The molecule has 0 heterocycles. The molecule has 0 amide bonds. The fourth-order valence-corrected chi connectivity index (χ4v) is 2.36. The molecule has 0 saturated carbocycles. The first-order valence-electron chi connectivity index (χ1n) is 7.82. The third kappa shape index (κ3) is 5.16. The molecule has 1 aromatic rings. The van der Waals surface area contributed by atoms with Gasteiger partial charge in [0.15, 0.2) is 0 Å². The second-order valence-corrected chi connectivity index (χ2v) is 8.25. The molecule has 0 aliphatic heterocycles. The van der Waals surface area contributed by atoms with Gasteiger partial charge in [-0.05, 0) is 12.1 Å². The zero-order valence-corrected chi connectivity index (χ0v) is 17.6. The largest absolute Gasteiger partial charge is 0.460 e. The van der Waals surface area contributed by atoms with Gasteiger partial charge in [-0.25, -0.2) is 0 Å². The minimum atomic E-state index is -8.89. The molecule has 0 bridgehead atoms. The molecule has 3 nitrogen and oxygen atoms in total. The van der Waals surface area contributed by atoms with E-state index in [1.54, 1.807) is 0 Å². The van der Waals surface area contributed by atoms with Crippen LogP contribution in [0.5, 0.6) is 0 Å². The summed E-state index contributed by atoms with van der Waals surface area (Å²) in [7, 11) is -7.89. The van der Waals surface area contributed by atoms with Crippen molar-refractivity contribution in [2.45, 2.75) is 51.9 Å². The van der Waals surface area contributed by atoms with Crippen molar-refractivity contribution in [2.75, 3.05) is 0 Å². The summed E-state index contributed by atoms with van der Waals surface area (Å²) in [4.78, 5) is 1.02. The molecule has 1 rings (SSSR count). The molecule has 0 saturated heterocycles. The monoisotopic (exact) mass is 610 g/mol. The topological polar surface area (TPSA) is 54.4 Å². The van der Waals surface area contributed by atoms with Crippen LogP contribution in [-0.2, 0) is 10.1 Å². The van der Waals surface area contributed by atoms with Gasteiger partial charge in [-0.1, -0.05) is 18.2 Å². The van der Waals surface area contributed by atoms with E-state index in [2.05, 4.69) is 12.6 Å². The highest BCUT2D eigenvalue weighted by Gasteiger charge is 2.96. The van der Waals surface area contributed by atoms with E-state index in [0.29, 0.717) is 0 Å². The minimum absolute atomic E-state index is 1.02. The maximum atomic E-state index is 13.0. The lowest BCUT2D eigenvalue weighted by Gasteiger charge is -2.42. The standard InChI is InChI=1S/C8HF17O3S.C6H6S/c9-1(10,3(13,14)5(17,18)7(21,22)23)2(11,12)4(15,16)6(19,20)8(24,25)29(26,27)28;7-6-4-2-1-3-5-6/h(H,26,27,28);1-5,7H. The highest BCUT2D eigenvalue weighted by molar-refractivity contribution is 7.87. The van der Waals surface area contributed by atoms with Gasteiger partial charge >= 0.3 is 57.1 Å². The van der Waals surface area contributed by atoms with Crippen LogP contribution < -0.4 is 0 Å². The maximum Gasteiger partial charge on any atom is 0.460 e. The molecular formula is C14H7F17O3S2. The zero-order chi connectivity index (χ0) is 29.6. The average Bonchev–Trinajstić information content (AvgIpc) is 2.66. The molecule has 0 unspecified atom stereocenters. The van der Waals surface area contributed by atoms with E-state index in [4.69, 9.17) is 4.55 Å². The van der Waals surface area contributed by atoms with Crippen molar-refractivity contribution in [1.29, 1.82) is 0 Å². The van der Waals surface area contributed by atoms with Crippen molar-refractivity contribution in [3.63, 3.8) is 0 Å². The number of hydrogen-bond acceptors (Lipinski definition) is 3. The quantitative estimate of drug-likeness (QED) is 0.203. The molecule has 0 aromatic heterocycles. The summed E-state index contributed by atoms with van der Waals surface area (Å²) in [6, 6.07) is 9.79. The Labute approximate surface area is 193 Å². The van der Waals surface area contributed by atoms with Crippen molar-refractivity contribution in [2.24, 2.45) is 0 Å². The second-order valence-electron chi connectivity index (χ2n) is 6.27. The van der Waals surface area contributed by atoms with Crippen LogP contribution in [0.25, 0.3) is 0 Å².